The van der Waals surface area contributed by atoms with Gasteiger partial charge < -0.3 is 5.32 Å². The summed E-state index contributed by atoms with van der Waals surface area (Å²) in [5.41, 5.74) is 1.02. The van der Waals surface area contributed by atoms with Gasteiger partial charge in [-0.3, -0.25) is 9.36 Å². The highest BCUT2D eigenvalue weighted by Gasteiger charge is 2.22. The first-order valence-electron chi connectivity index (χ1n) is 10.7. The minimum absolute atomic E-state index is 0.0768. The van der Waals surface area contributed by atoms with Crippen LogP contribution in [0.2, 0.25) is 0 Å². The van der Waals surface area contributed by atoms with Gasteiger partial charge in [-0.15, -0.1) is 21.5 Å². The molecule has 5 nitrogen and oxygen atoms in total. The average molecular weight is 441 g/mol. The molecule has 1 unspecified atom stereocenters. The van der Waals surface area contributed by atoms with Gasteiger partial charge >= 0.3 is 0 Å². The summed E-state index contributed by atoms with van der Waals surface area (Å²) in [6.07, 6.45) is 7.10. The second kappa shape index (κ2) is 10.3. The fourth-order valence-corrected chi connectivity index (χ4v) is 5.50. The lowest BCUT2D eigenvalue weighted by Crippen LogP contribution is -2.35. The molecule has 2 heterocycles. The van der Waals surface area contributed by atoms with E-state index in [2.05, 4.69) is 49.7 Å². The number of amides is 1. The van der Waals surface area contributed by atoms with Gasteiger partial charge in [-0.2, -0.15) is 0 Å². The Balaban J connectivity index is 1.47. The van der Waals surface area contributed by atoms with Gasteiger partial charge in [0.2, 0.25) is 5.91 Å². The van der Waals surface area contributed by atoms with E-state index in [1.807, 2.05) is 25.1 Å². The van der Waals surface area contributed by atoms with Crippen LogP contribution in [0.1, 0.15) is 49.7 Å². The average Bonchev–Trinajstić information content (AvgIpc) is 3.44. The number of hydrogen-bond donors (Lipinski definition) is 1. The SMILES string of the molecule is CC(Sc1nnc(Cc2cccs2)n1-c1ccccc1)C(=O)NCC1CCCCC1. The normalized spacial score (nSPS) is 15.8. The van der Waals surface area contributed by atoms with Crippen LogP contribution in [0, 0.1) is 5.92 Å². The summed E-state index contributed by atoms with van der Waals surface area (Å²) >= 11 is 3.19. The van der Waals surface area contributed by atoms with Crippen LogP contribution in [0.5, 0.6) is 0 Å². The minimum atomic E-state index is -0.227. The number of aromatic nitrogens is 3. The molecular formula is C23H28N4OS2. The standard InChI is InChI=1S/C23H28N4OS2/c1-17(22(28)24-16-18-9-4-2-5-10-18)30-23-26-25-21(15-20-13-8-14-29-20)27(23)19-11-6-3-7-12-19/h3,6-8,11-14,17-18H,2,4-5,9-10,15-16H2,1H3,(H,24,28). The number of nitrogens with zero attached hydrogens (tertiary/aromatic N) is 3. The van der Waals surface area contributed by atoms with E-state index in [-0.39, 0.29) is 11.2 Å². The van der Waals surface area contributed by atoms with Crippen LogP contribution >= 0.6 is 23.1 Å². The third kappa shape index (κ3) is 5.32. The van der Waals surface area contributed by atoms with Gasteiger partial charge in [0.05, 0.1) is 5.25 Å². The zero-order valence-corrected chi connectivity index (χ0v) is 18.9. The Morgan fingerprint density at radius 1 is 1.17 bits per heavy atom. The van der Waals surface area contributed by atoms with Crippen molar-refractivity contribution in [2.75, 3.05) is 6.54 Å². The molecule has 1 saturated carbocycles. The lowest BCUT2D eigenvalue weighted by atomic mass is 9.89. The molecule has 1 aliphatic rings. The van der Waals surface area contributed by atoms with E-state index in [0.717, 1.165) is 29.6 Å². The Labute approximate surface area is 186 Å². The highest BCUT2D eigenvalue weighted by molar-refractivity contribution is 8.00. The van der Waals surface area contributed by atoms with Gasteiger partial charge in [0.15, 0.2) is 5.16 Å². The number of hydrogen-bond acceptors (Lipinski definition) is 5. The lowest BCUT2D eigenvalue weighted by molar-refractivity contribution is -0.120. The van der Waals surface area contributed by atoms with Crippen LogP contribution in [0.4, 0.5) is 0 Å². The van der Waals surface area contributed by atoms with Crippen LogP contribution < -0.4 is 5.32 Å². The van der Waals surface area contributed by atoms with Crippen LogP contribution in [-0.4, -0.2) is 32.5 Å². The highest BCUT2D eigenvalue weighted by atomic mass is 32.2. The van der Waals surface area contributed by atoms with Gasteiger partial charge in [0.25, 0.3) is 0 Å². The van der Waals surface area contributed by atoms with E-state index < -0.39 is 0 Å². The molecule has 0 spiro atoms. The predicted octanol–water partition coefficient (Wildman–Crippen LogP) is 5.10. The molecule has 1 aliphatic carbocycles. The van der Waals surface area contributed by atoms with Crippen molar-refractivity contribution < 1.29 is 4.79 Å². The monoisotopic (exact) mass is 440 g/mol. The molecule has 158 valence electrons. The molecule has 0 radical (unpaired) electrons. The van der Waals surface area contributed by atoms with Crippen molar-refractivity contribution >= 4 is 29.0 Å². The lowest BCUT2D eigenvalue weighted by Gasteiger charge is -2.22. The van der Waals surface area contributed by atoms with E-state index in [0.29, 0.717) is 5.92 Å². The van der Waals surface area contributed by atoms with E-state index in [1.165, 1.54) is 48.7 Å². The smallest absolute Gasteiger partial charge is 0.233 e. The molecule has 1 aromatic carbocycles. The largest absolute Gasteiger partial charge is 0.355 e. The molecule has 0 bridgehead atoms. The van der Waals surface area contributed by atoms with Crippen LogP contribution in [0.15, 0.2) is 53.0 Å². The topological polar surface area (TPSA) is 59.8 Å². The van der Waals surface area contributed by atoms with Gasteiger partial charge in [-0.05, 0) is 49.3 Å². The van der Waals surface area contributed by atoms with E-state index in [4.69, 9.17) is 0 Å². The van der Waals surface area contributed by atoms with Crippen molar-refractivity contribution in [3.8, 4) is 5.69 Å². The Kier molecular flexibility index (Phi) is 7.23. The number of nitrogens with one attached hydrogen (secondary N) is 1. The summed E-state index contributed by atoms with van der Waals surface area (Å²) in [4.78, 5) is 14.0. The summed E-state index contributed by atoms with van der Waals surface area (Å²) in [7, 11) is 0. The van der Waals surface area contributed by atoms with Crippen molar-refractivity contribution in [3.63, 3.8) is 0 Å². The maximum atomic E-state index is 12.7. The van der Waals surface area contributed by atoms with Crippen LogP contribution in [0.25, 0.3) is 5.69 Å². The number of para-hydroxylation sites is 1. The van der Waals surface area contributed by atoms with E-state index in [1.54, 1.807) is 11.3 Å². The number of thiophene rings is 1. The summed E-state index contributed by atoms with van der Waals surface area (Å²) < 4.78 is 2.08. The van der Waals surface area contributed by atoms with Crippen molar-refractivity contribution in [2.24, 2.45) is 5.92 Å². The summed E-state index contributed by atoms with van der Waals surface area (Å²) in [5.74, 6) is 1.60. The predicted molar refractivity (Wildman–Crippen MR) is 123 cm³/mol. The Morgan fingerprint density at radius 3 is 2.70 bits per heavy atom. The first kappa shape index (κ1) is 21.1. The molecule has 1 fully saturated rings. The van der Waals surface area contributed by atoms with Crippen molar-refractivity contribution in [3.05, 3.63) is 58.5 Å². The van der Waals surface area contributed by atoms with Crippen molar-refractivity contribution in [2.45, 2.75) is 55.9 Å². The highest BCUT2D eigenvalue weighted by Crippen LogP contribution is 2.28. The van der Waals surface area contributed by atoms with Crippen molar-refractivity contribution in [1.82, 2.24) is 20.1 Å². The van der Waals surface area contributed by atoms with Crippen LogP contribution in [0.3, 0.4) is 0 Å². The van der Waals surface area contributed by atoms with Gasteiger partial charge in [-0.1, -0.05) is 55.3 Å². The summed E-state index contributed by atoms with van der Waals surface area (Å²) in [6, 6.07) is 14.3. The van der Waals surface area contributed by atoms with Gasteiger partial charge in [0, 0.05) is 23.5 Å². The molecule has 1 amide bonds. The Morgan fingerprint density at radius 2 is 1.97 bits per heavy atom. The molecule has 0 saturated heterocycles. The second-order valence-corrected chi connectivity index (χ2v) is 10.2. The number of carbonyl (C=O) groups is 1. The van der Waals surface area contributed by atoms with Gasteiger partial charge in [-0.25, -0.2) is 0 Å². The van der Waals surface area contributed by atoms with Gasteiger partial charge in [0.1, 0.15) is 5.82 Å². The second-order valence-electron chi connectivity index (χ2n) is 7.84. The number of carbonyl (C=O) groups excluding carboxylic acids is 1. The van der Waals surface area contributed by atoms with E-state index in [9.17, 15) is 4.79 Å². The maximum absolute atomic E-state index is 12.7. The molecule has 1 atom stereocenters. The Bertz CT molecular complexity index is 934. The third-order valence-electron chi connectivity index (χ3n) is 5.57. The third-order valence-corrected chi connectivity index (χ3v) is 7.49. The van der Waals surface area contributed by atoms with Crippen molar-refractivity contribution in [1.29, 1.82) is 0 Å². The molecule has 2 aromatic heterocycles. The Hall–Kier alpha value is -2.12. The summed E-state index contributed by atoms with van der Waals surface area (Å²) in [6.45, 7) is 2.74. The first-order valence-corrected chi connectivity index (χ1v) is 12.4. The minimum Gasteiger partial charge on any atom is -0.355 e. The number of thioether (sulfide) groups is 1. The molecule has 3 aromatic rings. The molecular weight excluding hydrogens is 412 g/mol. The van der Waals surface area contributed by atoms with Crippen LogP contribution in [-0.2, 0) is 11.2 Å². The quantitative estimate of drug-likeness (QED) is 0.495. The molecule has 30 heavy (non-hydrogen) atoms. The fourth-order valence-electron chi connectivity index (χ4n) is 3.89. The zero-order chi connectivity index (χ0) is 20.8. The molecule has 4 rings (SSSR count). The molecule has 0 aliphatic heterocycles. The molecule has 1 N–H and O–H groups in total. The summed E-state index contributed by atoms with van der Waals surface area (Å²) in [5, 5.41) is 14.7. The van der Waals surface area contributed by atoms with E-state index >= 15 is 0 Å². The first-order chi connectivity index (χ1) is 14.7. The number of benzene rings is 1. The number of rotatable bonds is 8. The molecule has 7 heteroatoms. The zero-order valence-electron chi connectivity index (χ0n) is 17.3. The fraction of sp³-hybridized carbons (Fsp3) is 0.435. The maximum Gasteiger partial charge on any atom is 0.233 e.